The molecular weight excluding hydrogens is 433 g/mol. The Labute approximate surface area is 168 Å². The fourth-order valence-electron chi connectivity index (χ4n) is 2.64. The zero-order chi connectivity index (χ0) is 17.4. The Hall–Kier alpha value is -0.870. The maximum atomic E-state index is 5.91. The lowest BCUT2D eigenvalue weighted by atomic mass is 10.1. The van der Waals surface area contributed by atoms with Crippen LogP contribution in [0, 0.1) is 0 Å². The van der Waals surface area contributed by atoms with Crippen molar-refractivity contribution in [2.24, 2.45) is 12.0 Å². The summed E-state index contributed by atoms with van der Waals surface area (Å²) in [6.07, 6.45) is 5.15. The third-order valence-electron chi connectivity index (χ3n) is 3.81. The van der Waals surface area contributed by atoms with Crippen LogP contribution in [0.3, 0.4) is 0 Å². The first-order valence-electron chi connectivity index (χ1n) is 8.85. The Morgan fingerprint density at radius 2 is 2.32 bits per heavy atom. The van der Waals surface area contributed by atoms with Crippen LogP contribution in [-0.2, 0) is 16.5 Å². The van der Waals surface area contributed by atoms with Gasteiger partial charge in [-0.25, -0.2) is 0 Å². The molecule has 1 aliphatic rings. The topological polar surface area (TPSA) is 63.9 Å². The molecule has 1 N–H and O–H groups in total. The largest absolute Gasteiger partial charge is 0.379 e. The highest BCUT2D eigenvalue weighted by atomic mass is 127. The maximum Gasteiger partial charge on any atom is 0.194 e. The number of hydrogen-bond acceptors (Lipinski definition) is 4. The van der Waals surface area contributed by atoms with Crippen LogP contribution in [-0.4, -0.2) is 66.1 Å². The molecular formula is C17H32IN5O2. The lowest BCUT2D eigenvalue weighted by molar-refractivity contribution is -0.00806. The van der Waals surface area contributed by atoms with E-state index in [1.807, 2.05) is 24.1 Å². The summed E-state index contributed by atoms with van der Waals surface area (Å²) < 4.78 is 13.3. The van der Waals surface area contributed by atoms with E-state index in [9.17, 15) is 0 Å². The Bertz CT molecular complexity index is 521. The normalized spacial score (nSPS) is 18.4. The summed E-state index contributed by atoms with van der Waals surface area (Å²) >= 11 is 0. The van der Waals surface area contributed by atoms with Crippen LogP contribution in [0.5, 0.6) is 0 Å². The van der Waals surface area contributed by atoms with Crippen molar-refractivity contribution in [2.45, 2.75) is 39.4 Å². The van der Waals surface area contributed by atoms with E-state index >= 15 is 0 Å². The first kappa shape index (κ1) is 22.2. The van der Waals surface area contributed by atoms with Gasteiger partial charge >= 0.3 is 0 Å². The molecule has 0 aromatic carbocycles. The van der Waals surface area contributed by atoms with Crippen LogP contribution in [0.15, 0.2) is 17.4 Å². The molecule has 0 radical (unpaired) electrons. The van der Waals surface area contributed by atoms with E-state index in [4.69, 9.17) is 14.5 Å². The lowest BCUT2D eigenvalue weighted by Crippen LogP contribution is -2.48. The highest BCUT2D eigenvalue weighted by Crippen LogP contribution is 2.21. The second-order valence-corrected chi connectivity index (χ2v) is 6.26. The van der Waals surface area contributed by atoms with Gasteiger partial charge in [0.25, 0.3) is 0 Å². The van der Waals surface area contributed by atoms with Crippen molar-refractivity contribution in [3.05, 3.63) is 18.0 Å². The van der Waals surface area contributed by atoms with Gasteiger partial charge in [-0.1, -0.05) is 0 Å². The van der Waals surface area contributed by atoms with Gasteiger partial charge in [-0.05, 0) is 27.2 Å². The summed E-state index contributed by atoms with van der Waals surface area (Å²) in [6, 6.07) is 0. The molecule has 2 rings (SSSR count). The number of nitrogens with zero attached hydrogens (tertiary/aromatic N) is 4. The first-order chi connectivity index (χ1) is 11.6. The first-order valence-corrected chi connectivity index (χ1v) is 8.85. The molecule has 0 saturated carbocycles. The molecule has 7 nitrogen and oxygen atoms in total. The van der Waals surface area contributed by atoms with Gasteiger partial charge in [0.1, 0.15) is 6.10 Å². The van der Waals surface area contributed by atoms with Crippen LogP contribution in [0.4, 0.5) is 0 Å². The number of aromatic nitrogens is 2. The summed E-state index contributed by atoms with van der Waals surface area (Å²) in [5.74, 6) is 0.958. The van der Waals surface area contributed by atoms with Crippen molar-refractivity contribution in [3.63, 3.8) is 0 Å². The van der Waals surface area contributed by atoms with Crippen LogP contribution >= 0.6 is 24.0 Å². The molecule has 0 aliphatic carbocycles. The number of ether oxygens (including phenoxy) is 2. The van der Waals surface area contributed by atoms with E-state index < -0.39 is 0 Å². The summed E-state index contributed by atoms with van der Waals surface area (Å²) in [4.78, 5) is 7.01. The Balaban J connectivity index is 0.00000312. The Kier molecular flexibility index (Phi) is 10.4. The monoisotopic (exact) mass is 465 g/mol. The molecule has 8 heteroatoms. The zero-order valence-corrected chi connectivity index (χ0v) is 18.1. The predicted molar refractivity (Wildman–Crippen MR) is 111 cm³/mol. The molecule has 0 spiro atoms. The SMILES string of the molecule is CCNC(=NCCCOC(C)C)N1CCOC(c2cnn(C)c2)C1.I. The number of halogens is 1. The molecule has 0 bridgehead atoms. The van der Waals surface area contributed by atoms with Crippen molar-refractivity contribution in [2.75, 3.05) is 39.4 Å². The molecule has 2 heterocycles. The number of nitrogens with one attached hydrogen (secondary N) is 1. The molecule has 1 fully saturated rings. The summed E-state index contributed by atoms with van der Waals surface area (Å²) in [6.45, 7) is 10.9. The smallest absolute Gasteiger partial charge is 0.194 e. The van der Waals surface area contributed by atoms with E-state index in [0.717, 1.165) is 50.7 Å². The van der Waals surface area contributed by atoms with Gasteiger partial charge in [0, 0.05) is 45.0 Å². The summed E-state index contributed by atoms with van der Waals surface area (Å²) in [5, 5.41) is 7.63. The minimum absolute atomic E-state index is 0. The van der Waals surface area contributed by atoms with Crippen molar-refractivity contribution < 1.29 is 9.47 Å². The number of guanidine groups is 1. The second kappa shape index (κ2) is 11.7. The molecule has 1 aromatic rings. The van der Waals surface area contributed by atoms with E-state index in [2.05, 4.69) is 36.1 Å². The summed E-state index contributed by atoms with van der Waals surface area (Å²) in [5.41, 5.74) is 1.11. The number of aliphatic imine (C=N–C) groups is 1. The standard InChI is InChI=1S/C17H31N5O2.HI/c1-5-18-17(19-7-6-9-23-14(2)3)22-8-10-24-16(13-22)15-11-20-21(4)12-15;/h11-12,14,16H,5-10,13H2,1-4H3,(H,18,19);1H. The van der Waals surface area contributed by atoms with Gasteiger partial charge in [0.15, 0.2) is 5.96 Å². The molecule has 0 amide bonds. The van der Waals surface area contributed by atoms with Crippen molar-refractivity contribution in [1.29, 1.82) is 0 Å². The highest BCUT2D eigenvalue weighted by molar-refractivity contribution is 14.0. The van der Waals surface area contributed by atoms with Crippen LogP contribution < -0.4 is 5.32 Å². The van der Waals surface area contributed by atoms with Gasteiger partial charge in [0.05, 0.1) is 25.5 Å². The van der Waals surface area contributed by atoms with Crippen molar-refractivity contribution in [3.8, 4) is 0 Å². The summed E-state index contributed by atoms with van der Waals surface area (Å²) in [7, 11) is 1.93. The molecule has 1 unspecified atom stereocenters. The molecule has 144 valence electrons. The van der Waals surface area contributed by atoms with E-state index in [1.54, 1.807) is 0 Å². The van der Waals surface area contributed by atoms with Gasteiger partial charge in [-0.15, -0.1) is 24.0 Å². The number of morpholine rings is 1. The Morgan fingerprint density at radius 1 is 1.52 bits per heavy atom. The number of aryl methyl sites for hydroxylation is 1. The quantitative estimate of drug-likeness (QED) is 0.290. The molecule has 25 heavy (non-hydrogen) atoms. The zero-order valence-electron chi connectivity index (χ0n) is 15.8. The van der Waals surface area contributed by atoms with Crippen LogP contribution in [0.2, 0.25) is 0 Å². The van der Waals surface area contributed by atoms with E-state index in [1.165, 1.54) is 0 Å². The van der Waals surface area contributed by atoms with Gasteiger partial charge in [0.2, 0.25) is 0 Å². The van der Waals surface area contributed by atoms with Gasteiger partial charge < -0.3 is 19.7 Å². The third kappa shape index (κ3) is 7.49. The van der Waals surface area contributed by atoms with Gasteiger partial charge in [-0.2, -0.15) is 5.10 Å². The molecule has 1 aliphatic heterocycles. The molecule has 1 aromatic heterocycles. The fraction of sp³-hybridized carbons (Fsp3) is 0.765. The number of rotatable bonds is 7. The predicted octanol–water partition coefficient (Wildman–Crippen LogP) is 2.19. The van der Waals surface area contributed by atoms with Gasteiger partial charge in [-0.3, -0.25) is 9.67 Å². The van der Waals surface area contributed by atoms with Crippen LogP contribution in [0.25, 0.3) is 0 Å². The highest BCUT2D eigenvalue weighted by Gasteiger charge is 2.25. The van der Waals surface area contributed by atoms with Crippen molar-refractivity contribution >= 4 is 29.9 Å². The number of hydrogen-bond donors (Lipinski definition) is 1. The lowest BCUT2D eigenvalue weighted by Gasteiger charge is -2.34. The van der Waals surface area contributed by atoms with E-state index in [-0.39, 0.29) is 36.2 Å². The molecule has 1 saturated heterocycles. The second-order valence-electron chi connectivity index (χ2n) is 6.26. The minimum atomic E-state index is 0. The van der Waals surface area contributed by atoms with Crippen LogP contribution in [0.1, 0.15) is 38.9 Å². The minimum Gasteiger partial charge on any atom is -0.379 e. The third-order valence-corrected chi connectivity index (χ3v) is 3.81. The van der Waals surface area contributed by atoms with Crippen molar-refractivity contribution in [1.82, 2.24) is 20.0 Å². The Morgan fingerprint density at radius 3 is 2.96 bits per heavy atom. The molecule has 1 atom stereocenters. The maximum absolute atomic E-state index is 5.91. The average molecular weight is 465 g/mol. The average Bonchev–Trinajstić information content (AvgIpc) is 3.00. The van der Waals surface area contributed by atoms with E-state index in [0.29, 0.717) is 6.61 Å². The fourth-order valence-corrected chi connectivity index (χ4v) is 2.64.